The second-order valence-corrected chi connectivity index (χ2v) is 9.31. The molecule has 1 saturated heterocycles. The number of fused-ring (bicyclic) bond motifs is 2. The highest BCUT2D eigenvalue weighted by atomic mass is 19.4. The molecule has 2 fully saturated rings. The van der Waals surface area contributed by atoms with E-state index in [-0.39, 0.29) is 11.9 Å². The van der Waals surface area contributed by atoms with Gasteiger partial charge in [0.05, 0.1) is 11.3 Å². The lowest BCUT2D eigenvalue weighted by Crippen LogP contribution is -2.66. The van der Waals surface area contributed by atoms with E-state index in [1.165, 1.54) is 18.1 Å². The molecule has 2 bridgehead atoms. The molecule has 1 saturated carbocycles. The van der Waals surface area contributed by atoms with Crippen LogP contribution in [0.1, 0.15) is 50.0 Å². The molecular weight excluding hydrogens is 470 g/mol. The standard InChI is InChI=1S/C22H23F4N7O2/c1-11-4-5-21(19-30-29-12(2)35-19)9-13(6-11)33(21)20(34)28-17-7-14(18-27-10-32(3)31-18)15(8-16(17)23)22(24,25)26/h7-8,10-11,13H,4-6,9H2,1-3H3,(H,28,34)/t11-,13?,21?/m1/s1. The summed E-state index contributed by atoms with van der Waals surface area (Å²) in [5.41, 5.74) is -2.91. The van der Waals surface area contributed by atoms with Crippen LogP contribution >= 0.6 is 0 Å². The highest BCUT2D eigenvalue weighted by Crippen LogP contribution is 2.53. The van der Waals surface area contributed by atoms with Crippen molar-refractivity contribution in [2.24, 2.45) is 13.0 Å². The molecule has 1 N–H and O–H groups in total. The fourth-order valence-electron chi connectivity index (χ4n) is 5.16. The average Bonchev–Trinajstić information content (AvgIpc) is 3.31. The summed E-state index contributed by atoms with van der Waals surface area (Å²) in [6.45, 7) is 3.74. The first-order valence-corrected chi connectivity index (χ1v) is 11.2. The van der Waals surface area contributed by atoms with Crippen molar-refractivity contribution in [2.75, 3.05) is 5.32 Å². The molecule has 186 valence electrons. The Bertz CT molecular complexity index is 1290. The van der Waals surface area contributed by atoms with E-state index in [4.69, 9.17) is 4.42 Å². The molecular formula is C22H23F4N7O2. The van der Waals surface area contributed by atoms with E-state index < -0.39 is 40.4 Å². The number of carbonyl (C=O) groups is 1. The van der Waals surface area contributed by atoms with Crippen molar-refractivity contribution in [1.82, 2.24) is 29.9 Å². The average molecular weight is 493 g/mol. The number of rotatable bonds is 3. The Morgan fingerprint density at radius 2 is 2.06 bits per heavy atom. The van der Waals surface area contributed by atoms with Gasteiger partial charge in [0.15, 0.2) is 5.82 Å². The van der Waals surface area contributed by atoms with Crippen LogP contribution in [0.5, 0.6) is 0 Å². The van der Waals surface area contributed by atoms with Gasteiger partial charge >= 0.3 is 12.2 Å². The fourth-order valence-corrected chi connectivity index (χ4v) is 5.16. The molecule has 1 aromatic carbocycles. The van der Waals surface area contributed by atoms with E-state index in [0.29, 0.717) is 36.6 Å². The fraction of sp³-hybridized carbons (Fsp3) is 0.500. The Kier molecular flexibility index (Phi) is 5.33. The molecule has 3 heterocycles. The lowest BCUT2D eigenvalue weighted by molar-refractivity contribution is -0.137. The number of anilines is 1. The SMILES string of the molecule is Cc1nnc(C23CC[C@@H](C)CC(C2)N3C(=O)Nc2cc(-c3ncn(C)n3)c(C(F)(F)F)cc2F)o1. The van der Waals surface area contributed by atoms with Gasteiger partial charge < -0.3 is 14.6 Å². The van der Waals surface area contributed by atoms with Crippen LogP contribution in [0.25, 0.3) is 11.4 Å². The molecule has 2 amide bonds. The van der Waals surface area contributed by atoms with Gasteiger partial charge in [0.25, 0.3) is 0 Å². The van der Waals surface area contributed by atoms with E-state index in [9.17, 15) is 22.4 Å². The van der Waals surface area contributed by atoms with Gasteiger partial charge in [0.2, 0.25) is 11.8 Å². The second kappa shape index (κ2) is 8.02. The summed E-state index contributed by atoms with van der Waals surface area (Å²) in [5, 5.41) is 14.4. The first-order valence-electron chi connectivity index (χ1n) is 11.2. The molecule has 3 aromatic rings. The van der Waals surface area contributed by atoms with Gasteiger partial charge in [0, 0.05) is 32.0 Å². The van der Waals surface area contributed by atoms with E-state index in [1.807, 2.05) is 0 Å². The number of nitrogens with one attached hydrogen (secondary N) is 1. The quantitative estimate of drug-likeness (QED) is 0.533. The van der Waals surface area contributed by atoms with Crippen LogP contribution in [0.3, 0.4) is 0 Å². The molecule has 2 unspecified atom stereocenters. The molecule has 9 nitrogen and oxygen atoms in total. The zero-order valence-electron chi connectivity index (χ0n) is 19.2. The Labute approximate surface area is 197 Å². The zero-order valence-corrected chi connectivity index (χ0v) is 19.2. The molecule has 1 aliphatic carbocycles. The molecule has 13 heteroatoms. The third kappa shape index (κ3) is 3.92. The smallest absolute Gasteiger partial charge is 0.417 e. The van der Waals surface area contributed by atoms with Crippen LogP contribution in [0.4, 0.5) is 28.0 Å². The maximum Gasteiger partial charge on any atom is 0.417 e. The van der Waals surface area contributed by atoms with E-state index in [0.717, 1.165) is 18.9 Å². The number of hydrogen-bond donors (Lipinski definition) is 1. The van der Waals surface area contributed by atoms with Gasteiger partial charge in [-0.2, -0.15) is 18.3 Å². The number of aromatic nitrogens is 5. The maximum absolute atomic E-state index is 14.9. The second-order valence-electron chi connectivity index (χ2n) is 9.31. The minimum absolute atomic E-state index is 0.144. The molecule has 0 radical (unpaired) electrons. The minimum atomic E-state index is -4.85. The number of likely N-dealkylation sites (tertiary alicyclic amines) is 1. The van der Waals surface area contributed by atoms with Gasteiger partial charge in [0.1, 0.15) is 17.7 Å². The number of amides is 2. The van der Waals surface area contributed by atoms with Crippen LogP contribution in [-0.4, -0.2) is 41.9 Å². The Morgan fingerprint density at radius 1 is 1.29 bits per heavy atom. The van der Waals surface area contributed by atoms with E-state index >= 15 is 0 Å². The molecule has 5 rings (SSSR count). The first-order chi connectivity index (χ1) is 16.5. The molecule has 1 aliphatic heterocycles. The molecule has 0 spiro atoms. The Hall–Kier alpha value is -3.51. The summed E-state index contributed by atoms with van der Waals surface area (Å²) < 4.78 is 62.7. The van der Waals surface area contributed by atoms with Crippen molar-refractivity contribution in [2.45, 2.75) is 57.3 Å². The van der Waals surface area contributed by atoms with Crippen molar-refractivity contribution in [3.63, 3.8) is 0 Å². The van der Waals surface area contributed by atoms with E-state index in [1.54, 1.807) is 11.8 Å². The third-order valence-electron chi connectivity index (χ3n) is 6.76. The number of halogens is 4. The lowest BCUT2D eigenvalue weighted by Gasteiger charge is -2.54. The molecule has 2 aliphatic rings. The Balaban J connectivity index is 1.51. The van der Waals surface area contributed by atoms with Crippen LogP contribution in [0.15, 0.2) is 22.9 Å². The summed E-state index contributed by atoms with van der Waals surface area (Å²) in [6, 6.07) is 0.476. The van der Waals surface area contributed by atoms with Crippen molar-refractivity contribution in [3.8, 4) is 11.4 Å². The molecule has 3 atom stereocenters. The van der Waals surface area contributed by atoms with Gasteiger partial charge in [-0.15, -0.1) is 10.2 Å². The van der Waals surface area contributed by atoms with Gasteiger partial charge in [-0.1, -0.05) is 6.92 Å². The van der Waals surface area contributed by atoms with Crippen molar-refractivity contribution >= 4 is 11.7 Å². The summed E-state index contributed by atoms with van der Waals surface area (Å²) in [7, 11) is 1.50. The van der Waals surface area contributed by atoms with Gasteiger partial charge in [-0.3, -0.25) is 4.68 Å². The minimum Gasteiger partial charge on any atom is -0.423 e. The van der Waals surface area contributed by atoms with Crippen LogP contribution < -0.4 is 5.32 Å². The number of urea groups is 1. The number of hydrogen-bond acceptors (Lipinski definition) is 6. The van der Waals surface area contributed by atoms with Gasteiger partial charge in [-0.25, -0.2) is 14.2 Å². The number of benzene rings is 1. The topological polar surface area (TPSA) is 102 Å². The summed E-state index contributed by atoms with van der Waals surface area (Å²) >= 11 is 0. The number of carbonyl (C=O) groups excluding carboxylic acids is 1. The van der Waals surface area contributed by atoms with Gasteiger partial charge in [-0.05, 0) is 37.3 Å². The van der Waals surface area contributed by atoms with Crippen LogP contribution in [0.2, 0.25) is 0 Å². The normalized spacial score (nSPS) is 24.1. The summed E-state index contributed by atoms with van der Waals surface area (Å²) in [4.78, 5) is 18.9. The van der Waals surface area contributed by atoms with Crippen LogP contribution in [-0.2, 0) is 18.8 Å². The highest BCUT2D eigenvalue weighted by molar-refractivity contribution is 5.92. The number of aryl methyl sites for hydroxylation is 2. The third-order valence-corrected chi connectivity index (χ3v) is 6.76. The summed E-state index contributed by atoms with van der Waals surface area (Å²) in [6.07, 6.45) is -0.852. The maximum atomic E-state index is 14.9. The largest absolute Gasteiger partial charge is 0.423 e. The summed E-state index contributed by atoms with van der Waals surface area (Å²) in [5.74, 6) is -0.448. The predicted octanol–water partition coefficient (Wildman–Crippen LogP) is 4.65. The van der Waals surface area contributed by atoms with E-state index in [2.05, 4.69) is 32.5 Å². The van der Waals surface area contributed by atoms with Crippen LogP contribution in [0, 0.1) is 18.7 Å². The van der Waals surface area contributed by atoms with Crippen molar-refractivity contribution in [1.29, 1.82) is 0 Å². The first kappa shape index (κ1) is 23.2. The highest BCUT2D eigenvalue weighted by Gasteiger charge is 2.60. The molecule has 2 aromatic heterocycles. The number of alkyl halides is 3. The Morgan fingerprint density at radius 3 is 2.69 bits per heavy atom. The zero-order chi connectivity index (χ0) is 25.1. The lowest BCUT2D eigenvalue weighted by atomic mass is 9.76. The number of nitrogens with zero attached hydrogens (tertiary/aromatic N) is 6. The van der Waals surface area contributed by atoms with Crippen molar-refractivity contribution in [3.05, 3.63) is 41.6 Å². The monoisotopic (exact) mass is 493 g/mol. The van der Waals surface area contributed by atoms with Crippen molar-refractivity contribution < 1.29 is 26.8 Å². The molecule has 35 heavy (non-hydrogen) atoms. The predicted molar refractivity (Wildman–Crippen MR) is 114 cm³/mol.